The van der Waals surface area contributed by atoms with E-state index in [1.54, 1.807) is 33.2 Å². The van der Waals surface area contributed by atoms with E-state index in [1.807, 2.05) is 0 Å². The number of benzene rings is 1. The van der Waals surface area contributed by atoms with Crippen LogP contribution >= 0.6 is 0 Å². The highest BCUT2D eigenvalue weighted by molar-refractivity contribution is 5.98. The number of ether oxygens (including phenoxy) is 1. The van der Waals surface area contributed by atoms with Crippen LogP contribution in [0.15, 0.2) is 18.2 Å². The van der Waals surface area contributed by atoms with Gasteiger partial charge in [0.2, 0.25) is 0 Å². The maximum atomic E-state index is 12.2. The average Bonchev–Trinajstić information content (AvgIpc) is 2.37. The van der Waals surface area contributed by atoms with Crippen molar-refractivity contribution in [3.05, 3.63) is 39.4 Å². The van der Waals surface area contributed by atoms with Gasteiger partial charge in [-0.25, -0.2) is 0 Å². The van der Waals surface area contributed by atoms with E-state index >= 15 is 0 Å². The Hall–Kier alpha value is -1.95. The van der Waals surface area contributed by atoms with Gasteiger partial charge in [-0.05, 0) is 19.4 Å². The molecule has 0 atom stereocenters. The molecule has 0 radical (unpaired) electrons. The van der Waals surface area contributed by atoms with E-state index in [0.717, 1.165) is 0 Å². The van der Waals surface area contributed by atoms with Crippen LogP contribution in [0.25, 0.3) is 0 Å². The molecule has 0 aliphatic heterocycles. The molecular weight excluding hydrogens is 248 g/mol. The van der Waals surface area contributed by atoms with E-state index in [2.05, 4.69) is 0 Å². The molecule has 104 valence electrons. The predicted molar refractivity (Wildman–Crippen MR) is 71.3 cm³/mol. The van der Waals surface area contributed by atoms with E-state index in [4.69, 9.17) is 4.74 Å². The first-order chi connectivity index (χ1) is 8.99. The van der Waals surface area contributed by atoms with Crippen LogP contribution in [0, 0.1) is 17.0 Å². The summed E-state index contributed by atoms with van der Waals surface area (Å²) in [6, 6.07) is 4.76. The number of nitro benzene ring substituents is 1. The standard InChI is InChI=1S/C13H18N2O4/c1-10-6-4-7-11(12(10)15(17)18)13(16)14(2)8-5-9-19-3/h4,6-7H,5,8-9H2,1-3H3. The smallest absolute Gasteiger partial charge is 0.285 e. The fourth-order valence-electron chi connectivity index (χ4n) is 1.83. The Morgan fingerprint density at radius 1 is 1.47 bits per heavy atom. The molecule has 0 fully saturated rings. The second-order valence-corrected chi connectivity index (χ2v) is 4.30. The Kier molecular flexibility index (Phi) is 5.44. The summed E-state index contributed by atoms with van der Waals surface area (Å²) in [7, 11) is 3.22. The van der Waals surface area contributed by atoms with Crippen LogP contribution in [0.2, 0.25) is 0 Å². The number of carbonyl (C=O) groups is 1. The average molecular weight is 266 g/mol. The molecule has 0 aliphatic carbocycles. The molecule has 1 rings (SSSR count). The van der Waals surface area contributed by atoms with Crippen LogP contribution in [0.5, 0.6) is 0 Å². The van der Waals surface area contributed by atoms with Gasteiger partial charge in [-0.3, -0.25) is 14.9 Å². The Morgan fingerprint density at radius 3 is 2.74 bits per heavy atom. The van der Waals surface area contributed by atoms with Crippen LogP contribution in [0.1, 0.15) is 22.3 Å². The molecule has 6 heteroatoms. The highest BCUT2D eigenvalue weighted by Crippen LogP contribution is 2.24. The van der Waals surface area contributed by atoms with Crippen LogP contribution in [0.3, 0.4) is 0 Å². The number of aryl methyl sites for hydroxylation is 1. The highest BCUT2D eigenvalue weighted by Gasteiger charge is 2.24. The lowest BCUT2D eigenvalue weighted by Crippen LogP contribution is -2.29. The first-order valence-electron chi connectivity index (χ1n) is 5.97. The Morgan fingerprint density at radius 2 is 2.16 bits per heavy atom. The minimum Gasteiger partial charge on any atom is -0.385 e. The summed E-state index contributed by atoms with van der Waals surface area (Å²) < 4.78 is 4.91. The maximum Gasteiger partial charge on any atom is 0.285 e. The quantitative estimate of drug-likeness (QED) is 0.448. The number of hydrogen-bond acceptors (Lipinski definition) is 4. The largest absolute Gasteiger partial charge is 0.385 e. The van der Waals surface area contributed by atoms with Crippen LogP contribution in [-0.4, -0.2) is 43.0 Å². The monoisotopic (exact) mass is 266 g/mol. The minimum atomic E-state index is -0.508. The molecule has 0 saturated carbocycles. The SMILES string of the molecule is COCCCN(C)C(=O)c1cccc(C)c1[N+](=O)[O-]. The Balaban J connectivity index is 2.93. The molecule has 1 aromatic rings. The molecule has 6 nitrogen and oxygen atoms in total. The molecule has 0 aromatic heterocycles. The summed E-state index contributed by atoms with van der Waals surface area (Å²) in [4.78, 5) is 24.2. The summed E-state index contributed by atoms with van der Waals surface area (Å²) >= 11 is 0. The van der Waals surface area contributed by atoms with Gasteiger partial charge in [-0.1, -0.05) is 12.1 Å². The third kappa shape index (κ3) is 3.75. The predicted octanol–water partition coefficient (Wildman–Crippen LogP) is 2.01. The van der Waals surface area contributed by atoms with Crippen molar-refractivity contribution in [2.24, 2.45) is 0 Å². The lowest BCUT2D eigenvalue weighted by molar-refractivity contribution is -0.385. The van der Waals surface area contributed by atoms with Crippen molar-refractivity contribution in [1.29, 1.82) is 0 Å². The number of nitrogens with zero attached hydrogens (tertiary/aromatic N) is 2. The summed E-state index contributed by atoms with van der Waals surface area (Å²) in [6.07, 6.45) is 0.693. The number of para-hydroxylation sites is 1. The molecule has 0 saturated heterocycles. The van der Waals surface area contributed by atoms with Crippen LogP contribution < -0.4 is 0 Å². The van der Waals surface area contributed by atoms with Crippen LogP contribution in [0.4, 0.5) is 5.69 Å². The van der Waals surface area contributed by atoms with Gasteiger partial charge < -0.3 is 9.64 Å². The third-order valence-electron chi connectivity index (χ3n) is 2.84. The second-order valence-electron chi connectivity index (χ2n) is 4.30. The molecular formula is C13H18N2O4. The van der Waals surface area contributed by atoms with Crippen molar-refractivity contribution >= 4 is 11.6 Å². The molecule has 19 heavy (non-hydrogen) atoms. The minimum absolute atomic E-state index is 0.119. The number of carbonyl (C=O) groups excluding carboxylic acids is 1. The zero-order valence-corrected chi connectivity index (χ0v) is 11.4. The van der Waals surface area contributed by atoms with Gasteiger partial charge in [-0.2, -0.15) is 0 Å². The van der Waals surface area contributed by atoms with Crippen LogP contribution in [-0.2, 0) is 4.74 Å². The van der Waals surface area contributed by atoms with Crippen molar-refractivity contribution in [2.45, 2.75) is 13.3 Å². The van der Waals surface area contributed by atoms with E-state index in [1.165, 1.54) is 11.0 Å². The van der Waals surface area contributed by atoms with Gasteiger partial charge in [-0.15, -0.1) is 0 Å². The summed E-state index contributed by atoms with van der Waals surface area (Å²) in [5.74, 6) is -0.341. The molecule has 0 unspecified atom stereocenters. The fraction of sp³-hybridized carbons (Fsp3) is 0.462. The van der Waals surface area contributed by atoms with E-state index in [-0.39, 0.29) is 17.2 Å². The number of rotatable bonds is 6. The Labute approximate surface area is 112 Å². The van der Waals surface area contributed by atoms with Gasteiger partial charge in [0.15, 0.2) is 0 Å². The Bertz CT molecular complexity index is 474. The molecule has 1 amide bonds. The highest BCUT2D eigenvalue weighted by atomic mass is 16.6. The van der Waals surface area contributed by atoms with Gasteiger partial charge >= 0.3 is 0 Å². The van der Waals surface area contributed by atoms with E-state index in [9.17, 15) is 14.9 Å². The lowest BCUT2D eigenvalue weighted by atomic mass is 10.1. The first-order valence-corrected chi connectivity index (χ1v) is 5.97. The van der Waals surface area contributed by atoms with Gasteiger partial charge in [0, 0.05) is 32.9 Å². The summed E-state index contributed by atoms with van der Waals surface area (Å²) in [5.41, 5.74) is 0.497. The van der Waals surface area contributed by atoms with E-state index < -0.39 is 4.92 Å². The molecule has 0 aliphatic rings. The van der Waals surface area contributed by atoms with Crippen molar-refractivity contribution in [2.75, 3.05) is 27.3 Å². The third-order valence-corrected chi connectivity index (χ3v) is 2.84. The molecule has 0 N–H and O–H groups in total. The first kappa shape index (κ1) is 15.1. The number of methoxy groups -OCH3 is 1. The molecule has 0 heterocycles. The lowest BCUT2D eigenvalue weighted by Gasteiger charge is -2.17. The van der Waals surface area contributed by atoms with Gasteiger partial charge in [0.05, 0.1) is 4.92 Å². The molecule has 0 spiro atoms. The fourth-order valence-corrected chi connectivity index (χ4v) is 1.83. The summed E-state index contributed by atoms with van der Waals surface area (Å²) in [5, 5.41) is 11.0. The number of hydrogen-bond donors (Lipinski definition) is 0. The van der Waals surface area contributed by atoms with Gasteiger partial charge in [0.1, 0.15) is 5.56 Å². The molecule has 0 bridgehead atoms. The number of amides is 1. The van der Waals surface area contributed by atoms with Crippen molar-refractivity contribution in [1.82, 2.24) is 4.90 Å². The maximum absolute atomic E-state index is 12.2. The zero-order chi connectivity index (χ0) is 14.4. The van der Waals surface area contributed by atoms with Crippen molar-refractivity contribution < 1.29 is 14.5 Å². The second kappa shape index (κ2) is 6.84. The zero-order valence-electron chi connectivity index (χ0n) is 11.4. The summed E-state index contributed by atoms with van der Waals surface area (Å²) in [6.45, 7) is 2.67. The van der Waals surface area contributed by atoms with Gasteiger partial charge in [0.25, 0.3) is 11.6 Å². The molecule has 1 aromatic carbocycles. The number of nitro groups is 1. The van der Waals surface area contributed by atoms with Crippen molar-refractivity contribution in [3.63, 3.8) is 0 Å². The topological polar surface area (TPSA) is 72.7 Å². The van der Waals surface area contributed by atoms with E-state index in [0.29, 0.717) is 25.1 Å². The van der Waals surface area contributed by atoms with Crippen molar-refractivity contribution in [3.8, 4) is 0 Å². The normalized spacial score (nSPS) is 10.3.